The molecule has 0 unspecified atom stereocenters. The number of nitrogens with zero attached hydrogens (tertiary/aromatic N) is 2. The maximum absolute atomic E-state index is 13.0. The van der Waals surface area contributed by atoms with Crippen LogP contribution in [0.4, 0.5) is 0 Å². The summed E-state index contributed by atoms with van der Waals surface area (Å²) in [6.07, 6.45) is 4.95. The largest absolute Gasteiger partial charge is 0.497 e. The van der Waals surface area contributed by atoms with Gasteiger partial charge in [0.25, 0.3) is 5.91 Å². The molecule has 7 heteroatoms. The Bertz CT molecular complexity index is 950. The summed E-state index contributed by atoms with van der Waals surface area (Å²) >= 11 is 0. The molecule has 1 aliphatic rings. The molecule has 1 amide bonds. The second kappa shape index (κ2) is 9.56. The maximum atomic E-state index is 13.0. The van der Waals surface area contributed by atoms with Crippen LogP contribution in [0.3, 0.4) is 0 Å². The number of hydrogen-bond donors (Lipinski definition) is 1. The first-order chi connectivity index (χ1) is 14.7. The fourth-order valence-electron chi connectivity index (χ4n) is 3.49. The van der Waals surface area contributed by atoms with Crippen LogP contribution in [0.2, 0.25) is 0 Å². The van der Waals surface area contributed by atoms with Crippen molar-refractivity contribution in [3.63, 3.8) is 0 Å². The summed E-state index contributed by atoms with van der Waals surface area (Å²) in [5, 5.41) is 3.12. The Kier molecular flexibility index (Phi) is 6.41. The van der Waals surface area contributed by atoms with Crippen molar-refractivity contribution < 1.29 is 18.7 Å². The number of benzene rings is 1. The Morgan fingerprint density at radius 2 is 1.83 bits per heavy atom. The number of rotatable bonds is 7. The van der Waals surface area contributed by atoms with Gasteiger partial charge in [-0.25, -0.2) is 0 Å². The van der Waals surface area contributed by atoms with Crippen molar-refractivity contribution in [3.05, 3.63) is 83.6 Å². The van der Waals surface area contributed by atoms with Gasteiger partial charge in [-0.2, -0.15) is 0 Å². The van der Waals surface area contributed by atoms with Crippen molar-refractivity contribution in [3.8, 4) is 5.75 Å². The number of nitrogens with one attached hydrogen (secondary N) is 1. The number of morpholine rings is 1. The summed E-state index contributed by atoms with van der Waals surface area (Å²) in [4.78, 5) is 19.3. The fraction of sp³-hybridized carbons (Fsp3) is 0.304. The number of aromatic nitrogens is 1. The number of amides is 1. The SMILES string of the molecule is COc1ccc([C@@H](NC(=O)c2coc(CN3CCOCC3)c2)c2ccncc2)cc1. The van der Waals surface area contributed by atoms with Crippen LogP contribution < -0.4 is 10.1 Å². The predicted molar refractivity (Wildman–Crippen MR) is 111 cm³/mol. The van der Waals surface area contributed by atoms with Crippen molar-refractivity contribution in [1.29, 1.82) is 0 Å². The van der Waals surface area contributed by atoms with E-state index in [0.29, 0.717) is 12.1 Å². The molecule has 3 aromatic rings. The van der Waals surface area contributed by atoms with E-state index >= 15 is 0 Å². The van der Waals surface area contributed by atoms with Gasteiger partial charge in [0.2, 0.25) is 0 Å². The Hall–Kier alpha value is -3.16. The van der Waals surface area contributed by atoms with E-state index in [4.69, 9.17) is 13.9 Å². The minimum Gasteiger partial charge on any atom is -0.497 e. The van der Waals surface area contributed by atoms with E-state index in [1.165, 1.54) is 6.26 Å². The zero-order chi connectivity index (χ0) is 20.8. The number of ether oxygens (including phenoxy) is 2. The van der Waals surface area contributed by atoms with Crippen LogP contribution in [0.15, 0.2) is 65.5 Å². The zero-order valence-corrected chi connectivity index (χ0v) is 16.9. The second-order valence-electron chi connectivity index (χ2n) is 7.15. The molecule has 7 nitrogen and oxygen atoms in total. The number of furan rings is 1. The molecule has 2 aromatic heterocycles. The van der Waals surface area contributed by atoms with E-state index in [1.54, 1.807) is 19.5 Å². The van der Waals surface area contributed by atoms with Gasteiger partial charge in [-0.3, -0.25) is 14.7 Å². The van der Waals surface area contributed by atoms with Crippen molar-refractivity contribution >= 4 is 5.91 Å². The molecule has 1 fully saturated rings. The van der Waals surface area contributed by atoms with Gasteiger partial charge in [-0.05, 0) is 41.5 Å². The molecule has 156 valence electrons. The molecule has 0 saturated carbocycles. The van der Waals surface area contributed by atoms with Crippen LogP contribution in [0.5, 0.6) is 5.75 Å². The van der Waals surface area contributed by atoms with E-state index < -0.39 is 0 Å². The minimum absolute atomic E-state index is 0.190. The van der Waals surface area contributed by atoms with Crippen LogP contribution in [0.1, 0.15) is 33.3 Å². The lowest BCUT2D eigenvalue weighted by atomic mass is 9.99. The molecule has 1 N–H and O–H groups in total. The molecule has 4 rings (SSSR count). The zero-order valence-electron chi connectivity index (χ0n) is 16.9. The average molecular weight is 407 g/mol. The quantitative estimate of drug-likeness (QED) is 0.649. The van der Waals surface area contributed by atoms with Gasteiger partial charge in [-0.15, -0.1) is 0 Å². The van der Waals surface area contributed by atoms with Crippen LogP contribution in [0, 0.1) is 0 Å². The lowest BCUT2D eigenvalue weighted by Crippen LogP contribution is -2.35. The lowest BCUT2D eigenvalue weighted by Gasteiger charge is -2.25. The standard InChI is InChI=1S/C23H25N3O4/c1-28-20-4-2-17(3-5-20)22(18-6-8-24-9-7-18)25-23(27)19-14-21(30-16-19)15-26-10-12-29-13-11-26/h2-9,14,16,22H,10-13,15H2,1H3,(H,25,27)/t22-/m1/s1. The van der Waals surface area contributed by atoms with Crippen LogP contribution >= 0.6 is 0 Å². The smallest absolute Gasteiger partial charge is 0.255 e. The van der Waals surface area contributed by atoms with E-state index in [1.807, 2.05) is 42.5 Å². The molecule has 1 aliphatic heterocycles. The molecule has 0 aliphatic carbocycles. The van der Waals surface area contributed by atoms with E-state index in [9.17, 15) is 4.79 Å². The van der Waals surface area contributed by atoms with Crippen molar-refractivity contribution in [2.24, 2.45) is 0 Å². The number of hydrogen-bond acceptors (Lipinski definition) is 6. The summed E-state index contributed by atoms with van der Waals surface area (Å²) in [6.45, 7) is 3.85. The van der Waals surface area contributed by atoms with Gasteiger partial charge in [0, 0.05) is 25.5 Å². The molecule has 0 spiro atoms. The van der Waals surface area contributed by atoms with Gasteiger partial charge in [-0.1, -0.05) is 12.1 Å². The normalized spacial score (nSPS) is 15.5. The third-order valence-corrected chi connectivity index (χ3v) is 5.16. The van der Waals surface area contributed by atoms with Crippen LogP contribution in [-0.4, -0.2) is 49.2 Å². The third kappa shape index (κ3) is 4.87. The first kappa shape index (κ1) is 20.1. The number of methoxy groups -OCH3 is 1. The van der Waals surface area contributed by atoms with E-state index in [0.717, 1.165) is 48.9 Å². The number of carbonyl (C=O) groups is 1. The Morgan fingerprint density at radius 3 is 2.53 bits per heavy atom. The van der Waals surface area contributed by atoms with Gasteiger partial charge in [0.15, 0.2) is 0 Å². The summed E-state index contributed by atoms with van der Waals surface area (Å²) in [5.74, 6) is 1.35. The molecule has 1 saturated heterocycles. The molecule has 1 atom stereocenters. The van der Waals surface area contributed by atoms with E-state index in [2.05, 4.69) is 15.2 Å². The van der Waals surface area contributed by atoms with Gasteiger partial charge < -0.3 is 19.2 Å². The average Bonchev–Trinajstić information content (AvgIpc) is 3.27. The fourth-order valence-corrected chi connectivity index (χ4v) is 3.49. The highest BCUT2D eigenvalue weighted by atomic mass is 16.5. The van der Waals surface area contributed by atoms with Crippen molar-refractivity contribution in [1.82, 2.24) is 15.2 Å². The lowest BCUT2D eigenvalue weighted by molar-refractivity contribution is 0.0313. The third-order valence-electron chi connectivity index (χ3n) is 5.16. The summed E-state index contributed by atoms with van der Waals surface area (Å²) in [7, 11) is 1.63. The van der Waals surface area contributed by atoms with Gasteiger partial charge in [0.05, 0.1) is 38.5 Å². The topological polar surface area (TPSA) is 76.8 Å². The molecule has 30 heavy (non-hydrogen) atoms. The molecule has 0 radical (unpaired) electrons. The molecular formula is C23H25N3O4. The number of pyridine rings is 1. The number of carbonyl (C=O) groups excluding carboxylic acids is 1. The minimum atomic E-state index is -0.316. The molecule has 3 heterocycles. The highest BCUT2D eigenvalue weighted by Crippen LogP contribution is 2.24. The molecule has 0 bridgehead atoms. The van der Waals surface area contributed by atoms with E-state index in [-0.39, 0.29) is 11.9 Å². The maximum Gasteiger partial charge on any atom is 0.255 e. The van der Waals surface area contributed by atoms with Crippen LogP contribution in [0.25, 0.3) is 0 Å². The Balaban J connectivity index is 1.50. The van der Waals surface area contributed by atoms with Crippen molar-refractivity contribution in [2.75, 3.05) is 33.4 Å². The van der Waals surface area contributed by atoms with Crippen LogP contribution in [-0.2, 0) is 11.3 Å². The van der Waals surface area contributed by atoms with Gasteiger partial charge >= 0.3 is 0 Å². The van der Waals surface area contributed by atoms with Crippen molar-refractivity contribution in [2.45, 2.75) is 12.6 Å². The highest BCUT2D eigenvalue weighted by Gasteiger charge is 2.20. The first-order valence-corrected chi connectivity index (χ1v) is 9.95. The summed E-state index contributed by atoms with van der Waals surface area (Å²) in [6, 6.07) is 12.9. The monoisotopic (exact) mass is 407 g/mol. The highest BCUT2D eigenvalue weighted by molar-refractivity contribution is 5.94. The first-order valence-electron chi connectivity index (χ1n) is 9.95. The Labute approximate surface area is 175 Å². The summed E-state index contributed by atoms with van der Waals surface area (Å²) < 4.78 is 16.3. The molecular weight excluding hydrogens is 382 g/mol. The second-order valence-corrected chi connectivity index (χ2v) is 7.15. The Morgan fingerprint density at radius 1 is 1.13 bits per heavy atom. The summed E-state index contributed by atoms with van der Waals surface area (Å²) in [5.41, 5.74) is 2.40. The molecule has 1 aromatic carbocycles. The van der Waals surface area contributed by atoms with Gasteiger partial charge in [0.1, 0.15) is 17.8 Å². The predicted octanol–water partition coefficient (Wildman–Crippen LogP) is 3.03.